The van der Waals surface area contributed by atoms with E-state index in [1.54, 1.807) is 0 Å². The monoisotopic (exact) mass is 325 g/mol. The van der Waals surface area contributed by atoms with Gasteiger partial charge in [-0.1, -0.05) is 32.0 Å². The summed E-state index contributed by atoms with van der Waals surface area (Å²) in [5.74, 6) is 2.44. The normalized spacial score (nSPS) is 15.0. The summed E-state index contributed by atoms with van der Waals surface area (Å²) in [6.07, 6.45) is 2.98. The molecule has 1 N–H and O–H groups in total. The lowest BCUT2D eigenvalue weighted by atomic mass is 10.1. The second-order valence-electron chi connectivity index (χ2n) is 6.66. The van der Waals surface area contributed by atoms with Crippen LogP contribution in [0.25, 0.3) is 0 Å². The third-order valence-electron chi connectivity index (χ3n) is 4.37. The smallest absolute Gasteiger partial charge is 0.224 e. The molecule has 5 heteroatoms. The molecule has 0 amide bonds. The summed E-state index contributed by atoms with van der Waals surface area (Å²) in [6, 6.07) is 12.6. The highest BCUT2D eigenvalue weighted by atomic mass is 15.3. The summed E-state index contributed by atoms with van der Waals surface area (Å²) in [5, 5.41) is 3.33. The summed E-state index contributed by atoms with van der Waals surface area (Å²) in [6.45, 7) is 9.38. The molecule has 0 saturated carbocycles. The van der Waals surface area contributed by atoms with Gasteiger partial charge in [0.1, 0.15) is 5.82 Å². The molecule has 0 unspecified atom stereocenters. The first-order valence-electron chi connectivity index (χ1n) is 8.84. The summed E-state index contributed by atoms with van der Waals surface area (Å²) in [4.78, 5) is 13.8. The van der Waals surface area contributed by atoms with Crippen LogP contribution in [0.3, 0.4) is 0 Å². The fraction of sp³-hybridized carbons (Fsp3) is 0.474. The molecular weight excluding hydrogens is 298 g/mol. The number of nitrogens with zero attached hydrogens (tertiary/aromatic N) is 4. The van der Waals surface area contributed by atoms with Crippen LogP contribution in [0, 0.1) is 5.92 Å². The van der Waals surface area contributed by atoms with Crippen LogP contribution in [-0.4, -0.2) is 42.7 Å². The number of rotatable bonds is 6. The second-order valence-corrected chi connectivity index (χ2v) is 6.66. The Balaban J connectivity index is 1.56. The molecule has 1 aliphatic heterocycles. The molecule has 0 radical (unpaired) electrons. The van der Waals surface area contributed by atoms with Gasteiger partial charge in [0.25, 0.3) is 0 Å². The Labute approximate surface area is 144 Å². The first kappa shape index (κ1) is 16.6. The minimum absolute atomic E-state index is 0.687. The van der Waals surface area contributed by atoms with Crippen molar-refractivity contribution in [3.63, 3.8) is 0 Å². The molecule has 1 saturated heterocycles. The zero-order valence-corrected chi connectivity index (χ0v) is 14.7. The maximum atomic E-state index is 4.68. The lowest BCUT2D eigenvalue weighted by Crippen LogP contribution is -2.46. The number of piperazine rings is 1. The van der Waals surface area contributed by atoms with E-state index in [2.05, 4.69) is 69.3 Å². The first-order chi connectivity index (χ1) is 11.7. The Kier molecular flexibility index (Phi) is 5.51. The lowest BCUT2D eigenvalue weighted by molar-refractivity contribution is 0.605. The topological polar surface area (TPSA) is 44.3 Å². The van der Waals surface area contributed by atoms with Gasteiger partial charge in [0.05, 0.1) is 0 Å². The van der Waals surface area contributed by atoms with Crippen molar-refractivity contribution in [3.05, 3.63) is 42.6 Å². The highest BCUT2D eigenvalue weighted by Gasteiger charge is 2.18. The Bertz CT molecular complexity index is 621. The highest BCUT2D eigenvalue weighted by Crippen LogP contribution is 2.19. The number of benzene rings is 1. The molecule has 2 aromatic rings. The van der Waals surface area contributed by atoms with Gasteiger partial charge in [-0.25, -0.2) is 4.98 Å². The van der Waals surface area contributed by atoms with Crippen molar-refractivity contribution in [2.24, 2.45) is 5.92 Å². The van der Waals surface area contributed by atoms with E-state index in [1.807, 2.05) is 12.3 Å². The van der Waals surface area contributed by atoms with E-state index in [1.165, 1.54) is 5.69 Å². The Morgan fingerprint density at radius 1 is 1.00 bits per heavy atom. The van der Waals surface area contributed by atoms with Crippen LogP contribution < -0.4 is 15.1 Å². The molecule has 3 rings (SSSR count). The SMILES string of the molecule is CC(C)CCNc1nccc(N2CCN(c3ccccc3)CC2)n1. The van der Waals surface area contributed by atoms with E-state index < -0.39 is 0 Å². The van der Waals surface area contributed by atoms with Gasteiger partial charge >= 0.3 is 0 Å². The third kappa shape index (κ3) is 4.37. The van der Waals surface area contributed by atoms with Crippen molar-refractivity contribution in [2.45, 2.75) is 20.3 Å². The number of nitrogens with one attached hydrogen (secondary N) is 1. The molecule has 24 heavy (non-hydrogen) atoms. The number of para-hydroxylation sites is 1. The molecule has 2 heterocycles. The minimum Gasteiger partial charge on any atom is -0.368 e. The van der Waals surface area contributed by atoms with Crippen molar-refractivity contribution >= 4 is 17.5 Å². The molecule has 1 aromatic heterocycles. The van der Waals surface area contributed by atoms with Gasteiger partial charge in [-0.05, 0) is 30.5 Å². The highest BCUT2D eigenvalue weighted by molar-refractivity contribution is 5.49. The van der Waals surface area contributed by atoms with Crippen LogP contribution in [-0.2, 0) is 0 Å². The third-order valence-corrected chi connectivity index (χ3v) is 4.37. The number of anilines is 3. The van der Waals surface area contributed by atoms with Crippen LogP contribution in [0.4, 0.5) is 17.5 Å². The van der Waals surface area contributed by atoms with Crippen molar-refractivity contribution < 1.29 is 0 Å². The second kappa shape index (κ2) is 7.99. The summed E-state index contributed by atoms with van der Waals surface area (Å²) in [7, 11) is 0. The molecule has 0 bridgehead atoms. The van der Waals surface area contributed by atoms with Gasteiger partial charge in [-0.3, -0.25) is 0 Å². The first-order valence-corrected chi connectivity index (χ1v) is 8.84. The largest absolute Gasteiger partial charge is 0.368 e. The molecule has 0 aliphatic carbocycles. The predicted molar refractivity (Wildman–Crippen MR) is 101 cm³/mol. The number of hydrogen-bond donors (Lipinski definition) is 1. The van der Waals surface area contributed by atoms with Crippen LogP contribution in [0.2, 0.25) is 0 Å². The molecule has 1 aromatic carbocycles. The Hall–Kier alpha value is -2.30. The molecular formula is C19H27N5. The molecule has 128 valence electrons. The van der Waals surface area contributed by atoms with Crippen LogP contribution in [0.5, 0.6) is 0 Å². The predicted octanol–water partition coefficient (Wildman–Crippen LogP) is 3.26. The van der Waals surface area contributed by atoms with Crippen molar-refractivity contribution in [2.75, 3.05) is 47.8 Å². The molecule has 0 atom stereocenters. The molecule has 1 aliphatic rings. The van der Waals surface area contributed by atoms with Crippen LogP contribution >= 0.6 is 0 Å². The van der Waals surface area contributed by atoms with Crippen LogP contribution in [0.1, 0.15) is 20.3 Å². The fourth-order valence-electron chi connectivity index (χ4n) is 2.92. The Morgan fingerprint density at radius 2 is 1.71 bits per heavy atom. The van der Waals surface area contributed by atoms with E-state index in [0.29, 0.717) is 5.92 Å². The summed E-state index contributed by atoms with van der Waals surface area (Å²) in [5.41, 5.74) is 1.30. The van der Waals surface area contributed by atoms with Gasteiger partial charge in [0, 0.05) is 44.6 Å². The van der Waals surface area contributed by atoms with Crippen molar-refractivity contribution in [1.29, 1.82) is 0 Å². The molecule has 0 spiro atoms. The molecule has 5 nitrogen and oxygen atoms in total. The van der Waals surface area contributed by atoms with Gasteiger partial charge in [-0.15, -0.1) is 0 Å². The van der Waals surface area contributed by atoms with Gasteiger partial charge < -0.3 is 15.1 Å². The average Bonchev–Trinajstić information content (AvgIpc) is 2.63. The van der Waals surface area contributed by atoms with Crippen LogP contribution in [0.15, 0.2) is 42.6 Å². The van der Waals surface area contributed by atoms with Crippen molar-refractivity contribution in [1.82, 2.24) is 9.97 Å². The van der Waals surface area contributed by atoms with E-state index >= 15 is 0 Å². The fourth-order valence-corrected chi connectivity index (χ4v) is 2.92. The van der Waals surface area contributed by atoms with E-state index in [9.17, 15) is 0 Å². The zero-order valence-electron chi connectivity index (χ0n) is 14.7. The maximum Gasteiger partial charge on any atom is 0.224 e. The van der Waals surface area contributed by atoms with E-state index in [0.717, 1.165) is 50.9 Å². The van der Waals surface area contributed by atoms with Gasteiger partial charge in [-0.2, -0.15) is 4.98 Å². The maximum absolute atomic E-state index is 4.68. The van der Waals surface area contributed by atoms with Gasteiger partial charge in [0.15, 0.2) is 0 Å². The Morgan fingerprint density at radius 3 is 2.42 bits per heavy atom. The minimum atomic E-state index is 0.687. The van der Waals surface area contributed by atoms with Gasteiger partial charge in [0.2, 0.25) is 5.95 Å². The van der Waals surface area contributed by atoms with Crippen molar-refractivity contribution in [3.8, 4) is 0 Å². The van der Waals surface area contributed by atoms with E-state index in [-0.39, 0.29) is 0 Å². The average molecular weight is 325 g/mol. The standard InChI is InChI=1S/C19H27N5/c1-16(2)8-10-20-19-21-11-9-18(22-19)24-14-12-23(13-15-24)17-6-4-3-5-7-17/h3-7,9,11,16H,8,10,12-15H2,1-2H3,(H,20,21,22). The lowest BCUT2D eigenvalue weighted by Gasteiger charge is -2.36. The summed E-state index contributed by atoms with van der Waals surface area (Å²) >= 11 is 0. The summed E-state index contributed by atoms with van der Waals surface area (Å²) < 4.78 is 0. The molecule has 1 fully saturated rings. The number of hydrogen-bond acceptors (Lipinski definition) is 5. The van der Waals surface area contributed by atoms with E-state index in [4.69, 9.17) is 0 Å². The number of aromatic nitrogens is 2. The zero-order chi connectivity index (χ0) is 16.8. The quantitative estimate of drug-likeness (QED) is 0.883.